The summed E-state index contributed by atoms with van der Waals surface area (Å²) in [6, 6.07) is 4.94. The summed E-state index contributed by atoms with van der Waals surface area (Å²) in [6.07, 6.45) is 1.66. The van der Waals surface area contributed by atoms with Crippen molar-refractivity contribution in [1.82, 2.24) is 10.1 Å². The molecule has 0 atom stereocenters. The Morgan fingerprint density at radius 3 is 2.82 bits per heavy atom. The molecule has 0 saturated heterocycles. The summed E-state index contributed by atoms with van der Waals surface area (Å²) in [5.74, 6) is -0.0323. The van der Waals surface area contributed by atoms with Gasteiger partial charge in [0, 0.05) is 26.4 Å². The number of carboxylic acid groups (broad SMARTS) is 1. The first kappa shape index (κ1) is 11.1. The molecule has 0 fully saturated rings. The van der Waals surface area contributed by atoms with Gasteiger partial charge in [0.15, 0.2) is 11.5 Å². The number of nitrogens with zero attached hydrogens (tertiary/aromatic N) is 3. The van der Waals surface area contributed by atoms with Gasteiger partial charge in [0.2, 0.25) is 0 Å². The van der Waals surface area contributed by atoms with Crippen molar-refractivity contribution in [3.05, 3.63) is 30.1 Å². The van der Waals surface area contributed by atoms with Crippen LogP contribution in [0.5, 0.6) is 0 Å². The normalized spacial score (nSPS) is 10.2. The molecule has 0 radical (unpaired) electrons. The fraction of sp³-hybridized carbons (Fsp3) is 0.182. The molecule has 0 amide bonds. The van der Waals surface area contributed by atoms with Crippen molar-refractivity contribution in [1.29, 1.82) is 0 Å². The summed E-state index contributed by atoms with van der Waals surface area (Å²) in [4.78, 5) is 16.7. The highest BCUT2D eigenvalue weighted by molar-refractivity contribution is 5.87. The van der Waals surface area contributed by atoms with Gasteiger partial charge in [0.25, 0.3) is 0 Å². The molecule has 1 N–H and O–H groups in total. The second kappa shape index (κ2) is 4.25. The topological polar surface area (TPSA) is 79.5 Å². The second-order valence-electron chi connectivity index (χ2n) is 3.65. The van der Waals surface area contributed by atoms with E-state index in [1.807, 2.05) is 19.0 Å². The molecule has 6 nitrogen and oxygen atoms in total. The van der Waals surface area contributed by atoms with Crippen LogP contribution in [0.15, 0.2) is 28.9 Å². The zero-order chi connectivity index (χ0) is 12.4. The summed E-state index contributed by atoms with van der Waals surface area (Å²) in [5, 5.41) is 12.2. The highest BCUT2D eigenvalue weighted by Crippen LogP contribution is 2.27. The van der Waals surface area contributed by atoms with Gasteiger partial charge in [-0.25, -0.2) is 9.78 Å². The SMILES string of the molecule is CN(C)c1ncccc1-c1cc(C(=O)O)no1. The molecule has 0 spiro atoms. The fourth-order valence-electron chi connectivity index (χ4n) is 1.45. The van der Waals surface area contributed by atoms with Crippen molar-refractivity contribution in [2.24, 2.45) is 0 Å². The van der Waals surface area contributed by atoms with Crippen LogP contribution in [0.25, 0.3) is 11.3 Å². The van der Waals surface area contributed by atoms with Crippen LogP contribution in [0.3, 0.4) is 0 Å². The molecule has 2 rings (SSSR count). The minimum Gasteiger partial charge on any atom is -0.476 e. The molecule has 2 aromatic heterocycles. The zero-order valence-corrected chi connectivity index (χ0v) is 9.41. The van der Waals surface area contributed by atoms with Crippen molar-refractivity contribution >= 4 is 11.8 Å². The molecule has 88 valence electrons. The Hall–Kier alpha value is -2.37. The average Bonchev–Trinajstić information content (AvgIpc) is 2.78. The molecule has 0 aliphatic carbocycles. The van der Waals surface area contributed by atoms with Crippen LogP contribution in [-0.4, -0.2) is 35.3 Å². The Balaban J connectivity index is 2.48. The maximum atomic E-state index is 10.7. The molecule has 6 heteroatoms. The average molecular weight is 233 g/mol. The minimum atomic E-state index is -1.12. The Kier molecular flexibility index (Phi) is 2.78. The number of aromatic carboxylic acids is 1. The van der Waals surface area contributed by atoms with E-state index in [4.69, 9.17) is 9.63 Å². The van der Waals surface area contributed by atoms with Crippen LogP contribution in [0.4, 0.5) is 5.82 Å². The number of hydrogen-bond donors (Lipinski definition) is 1. The van der Waals surface area contributed by atoms with Crippen LogP contribution >= 0.6 is 0 Å². The van der Waals surface area contributed by atoms with Crippen LogP contribution in [-0.2, 0) is 0 Å². The second-order valence-corrected chi connectivity index (χ2v) is 3.65. The maximum Gasteiger partial charge on any atom is 0.358 e. The minimum absolute atomic E-state index is 0.117. The van der Waals surface area contributed by atoms with Crippen molar-refractivity contribution < 1.29 is 14.4 Å². The summed E-state index contributed by atoms with van der Waals surface area (Å²) >= 11 is 0. The van der Waals surface area contributed by atoms with Gasteiger partial charge in [-0.3, -0.25) is 0 Å². The quantitative estimate of drug-likeness (QED) is 0.865. The molecule has 0 bridgehead atoms. The number of anilines is 1. The van der Waals surface area contributed by atoms with E-state index >= 15 is 0 Å². The molecule has 0 aromatic carbocycles. The van der Waals surface area contributed by atoms with E-state index in [9.17, 15) is 4.79 Å². The third-order valence-electron chi connectivity index (χ3n) is 2.21. The summed E-state index contributed by atoms with van der Waals surface area (Å²) in [7, 11) is 3.70. The van der Waals surface area contributed by atoms with Crippen LogP contribution in [0, 0.1) is 0 Å². The van der Waals surface area contributed by atoms with E-state index < -0.39 is 5.97 Å². The predicted molar refractivity (Wildman–Crippen MR) is 61.0 cm³/mol. The zero-order valence-electron chi connectivity index (χ0n) is 9.41. The number of carbonyl (C=O) groups is 1. The molecule has 2 aromatic rings. The Morgan fingerprint density at radius 1 is 1.47 bits per heavy atom. The van der Waals surface area contributed by atoms with Gasteiger partial charge in [0.1, 0.15) is 5.82 Å². The van der Waals surface area contributed by atoms with Crippen LogP contribution in [0.1, 0.15) is 10.5 Å². The van der Waals surface area contributed by atoms with Gasteiger partial charge in [0.05, 0.1) is 5.56 Å². The fourth-order valence-corrected chi connectivity index (χ4v) is 1.45. The van der Waals surface area contributed by atoms with E-state index in [0.29, 0.717) is 17.1 Å². The van der Waals surface area contributed by atoms with Gasteiger partial charge in [-0.1, -0.05) is 5.16 Å². The lowest BCUT2D eigenvalue weighted by atomic mass is 10.2. The van der Waals surface area contributed by atoms with E-state index in [1.54, 1.807) is 18.3 Å². The van der Waals surface area contributed by atoms with Gasteiger partial charge in [-0.15, -0.1) is 0 Å². The third-order valence-corrected chi connectivity index (χ3v) is 2.21. The smallest absolute Gasteiger partial charge is 0.358 e. The van der Waals surface area contributed by atoms with E-state index in [0.717, 1.165) is 0 Å². The number of aromatic nitrogens is 2. The summed E-state index contributed by atoms with van der Waals surface area (Å²) in [6.45, 7) is 0. The van der Waals surface area contributed by atoms with E-state index in [1.165, 1.54) is 6.07 Å². The molecular weight excluding hydrogens is 222 g/mol. The lowest BCUT2D eigenvalue weighted by Crippen LogP contribution is -2.11. The summed E-state index contributed by atoms with van der Waals surface area (Å²) < 4.78 is 5.01. The van der Waals surface area contributed by atoms with Crippen LogP contribution in [0.2, 0.25) is 0 Å². The molecule has 0 unspecified atom stereocenters. The molecule has 17 heavy (non-hydrogen) atoms. The third kappa shape index (κ3) is 2.10. The summed E-state index contributed by atoms with van der Waals surface area (Å²) in [5.41, 5.74) is 0.589. The molecule has 0 saturated carbocycles. The van der Waals surface area contributed by atoms with Crippen molar-refractivity contribution in [2.45, 2.75) is 0 Å². The Bertz CT molecular complexity index is 548. The van der Waals surface area contributed by atoms with Gasteiger partial charge in [-0.05, 0) is 12.1 Å². The standard InChI is InChI=1S/C11H11N3O3/c1-14(2)10-7(4-3-5-12-10)9-6-8(11(15)16)13-17-9/h3-6H,1-2H3,(H,15,16). The molecule has 0 aliphatic rings. The first-order chi connectivity index (χ1) is 8.09. The van der Waals surface area contributed by atoms with Crippen molar-refractivity contribution in [3.8, 4) is 11.3 Å². The highest BCUT2D eigenvalue weighted by Gasteiger charge is 2.16. The highest BCUT2D eigenvalue weighted by atomic mass is 16.5. The van der Waals surface area contributed by atoms with Gasteiger partial charge >= 0.3 is 5.97 Å². The Labute approximate surface area is 97.5 Å². The molecular formula is C11H11N3O3. The number of pyridine rings is 1. The van der Waals surface area contributed by atoms with E-state index in [-0.39, 0.29) is 5.69 Å². The molecule has 2 heterocycles. The number of rotatable bonds is 3. The Morgan fingerprint density at radius 2 is 2.24 bits per heavy atom. The van der Waals surface area contributed by atoms with Gasteiger partial charge < -0.3 is 14.5 Å². The lowest BCUT2D eigenvalue weighted by Gasteiger charge is -2.13. The molecule has 0 aliphatic heterocycles. The lowest BCUT2D eigenvalue weighted by molar-refractivity contribution is 0.0686. The maximum absolute atomic E-state index is 10.7. The first-order valence-electron chi connectivity index (χ1n) is 4.92. The predicted octanol–water partition coefficient (Wildman–Crippen LogP) is 1.50. The largest absolute Gasteiger partial charge is 0.476 e. The van der Waals surface area contributed by atoms with Crippen molar-refractivity contribution in [2.75, 3.05) is 19.0 Å². The van der Waals surface area contributed by atoms with Gasteiger partial charge in [-0.2, -0.15) is 0 Å². The first-order valence-corrected chi connectivity index (χ1v) is 4.92. The van der Waals surface area contributed by atoms with Crippen LogP contribution < -0.4 is 4.90 Å². The number of carboxylic acids is 1. The monoisotopic (exact) mass is 233 g/mol. The van der Waals surface area contributed by atoms with E-state index in [2.05, 4.69) is 10.1 Å². The van der Waals surface area contributed by atoms with Crippen molar-refractivity contribution in [3.63, 3.8) is 0 Å². The number of hydrogen-bond acceptors (Lipinski definition) is 5.